The van der Waals surface area contributed by atoms with Crippen LogP contribution in [0.1, 0.15) is 12.0 Å². The molecule has 1 aromatic rings. The Morgan fingerprint density at radius 1 is 1.40 bits per heavy atom. The molecule has 0 aromatic heterocycles. The van der Waals surface area contributed by atoms with Crippen LogP contribution in [0.25, 0.3) is 5.57 Å². The van der Waals surface area contributed by atoms with Gasteiger partial charge in [-0.1, -0.05) is 12.1 Å². The van der Waals surface area contributed by atoms with Crippen molar-refractivity contribution in [2.75, 3.05) is 20.2 Å². The minimum atomic E-state index is 0.747. The second kappa shape index (κ2) is 3.30. The zero-order chi connectivity index (χ0) is 10.3. The Hall–Kier alpha value is -1.44. The highest BCUT2D eigenvalue weighted by Crippen LogP contribution is 2.38. The number of hydrogen-bond acceptors (Lipinski definition) is 2. The quantitative estimate of drug-likeness (QED) is 0.728. The number of nitrogens with zero attached hydrogens (tertiary/aromatic N) is 1. The molecule has 2 heteroatoms. The van der Waals surface area contributed by atoms with Crippen LogP contribution in [-0.2, 0) is 0 Å². The predicted octanol–water partition coefficient (Wildman–Crippen LogP) is 2.37. The van der Waals surface area contributed by atoms with Gasteiger partial charge in [0.25, 0.3) is 0 Å². The molecule has 2 aliphatic heterocycles. The molecule has 78 valence electrons. The molecule has 0 saturated carbocycles. The first-order valence-corrected chi connectivity index (χ1v) is 5.47. The van der Waals surface area contributed by atoms with Crippen molar-refractivity contribution in [2.24, 2.45) is 5.92 Å². The van der Waals surface area contributed by atoms with Crippen molar-refractivity contribution in [1.29, 1.82) is 0 Å². The molecule has 2 heterocycles. The molecule has 0 spiro atoms. The topological polar surface area (TPSA) is 12.5 Å². The molecule has 0 aliphatic carbocycles. The molecule has 0 N–H and O–H groups in total. The lowest BCUT2D eigenvalue weighted by Crippen LogP contribution is -2.07. The Kier molecular flexibility index (Phi) is 1.94. The summed E-state index contributed by atoms with van der Waals surface area (Å²) in [5, 5.41) is 0. The summed E-state index contributed by atoms with van der Waals surface area (Å²) in [6.07, 6.45) is 3.62. The standard InChI is InChI=1S/C13H15NO/c1-15-12-4-2-3-10(7-12)13-9-14-6-5-11(13)8-14/h2-4,7,9,11H,5-6,8H2,1H3. The van der Waals surface area contributed by atoms with E-state index < -0.39 is 0 Å². The van der Waals surface area contributed by atoms with Crippen LogP contribution in [0.5, 0.6) is 5.75 Å². The van der Waals surface area contributed by atoms with Gasteiger partial charge >= 0.3 is 0 Å². The Morgan fingerprint density at radius 2 is 2.33 bits per heavy atom. The highest BCUT2D eigenvalue weighted by molar-refractivity contribution is 5.70. The molecule has 1 fully saturated rings. The van der Waals surface area contributed by atoms with Crippen LogP contribution >= 0.6 is 0 Å². The third-order valence-corrected chi connectivity index (χ3v) is 3.38. The van der Waals surface area contributed by atoms with Crippen LogP contribution in [0.3, 0.4) is 0 Å². The molecule has 1 aromatic carbocycles. The van der Waals surface area contributed by atoms with E-state index in [-0.39, 0.29) is 0 Å². The smallest absolute Gasteiger partial charge is 0.119 e. The zero-order valence-corrected chi connectivity index (χ0v) is 8.94. The molecule has 2 aliphatic rings. The van der Waals surface area contributed by atoms with Crippen LogP contribution in [-0.4, -0.2) is 25.1 Å². The number of fused-ring (bicyclic) bond motifs is 2. The van der Waals surface area contributed by atoms with Gasteiger partial charge in [0, 0.05) is 25.2 Å². The van der Waals surface area contributed by atoms with Crippen LogP contribution in [0.2, 0.25) is 0 Å². The number of benzene rings is 1. The Bertz CT molecular complexity index is 411. The maximum atomic E-state index is 5.25. The lowest BCUT2D eigenvalue weighted by atomic mass is 9.93. The van der Waals surface area contributed by atoms with Crippen LogP contribution in [0.4, 0.5) is 0 Å². The van der Waals surface area contributed by atoms with E-state index in [1.54, 1.807) is 7.11 Å². The van der Waals surface area contributed by atoms with Crippen molar-refractivity contribution in [1.82, 2.24) is 4.90 Å². The largest absolute Gasteiger partial charge is 0.497 e. The number of hydrogen-bond donors (Lipinski definition) is 0. The molecule has 2 nitrogen and oxygen atoms in total. The van der Waals surface area contributed by atoms with E-state index in [2.05, 4.69) is 29.3 Å². The van der Waals surface area contributed by atoms with Gasteiger partial charge in [-0.15, -0.1) is 0 Å². The van der Waals surface area contributed by atoms with E-state index in [9.17, 15) is 0 Å². The van der Waals surface area contributed by atoms with Crippen LogP contribution in [0, 0.1) is 5.92 Å². The van der Waals surface area contributed by atoms with Gasteiger partial charge < -0.3 is 9.64 Å². The summed E-state index contributed by atoms with van der Waals surface area (Å²) in [5.74, 6) is 1.70. The van der Waals surface area contributed by atoms with Crippen LogP contribution < -0.4 is 4.74 Å². The Labute approximate surface area is 90.2 Å². The minimum absolute atomic E-state index is 0.747. The van der Waals surface area contributed by atoms with Gasteiger partial charge in [0.15, 0.2) is 0 Å². The van der Waals surface area contributed by atoms with Crippen LogP contribution in [0.15, 0.2) is 30.5 Å². The van der Waals surface area contributed by atoms with E-state index in [0.717, 1.165) is 11.7 Å². The molecule has 0 amide bonds. The fraction of sp³-hybridized carbons (Fsp3) is 0.385. The summed E-state index contributed by atoms with van der Waals surface area (Å²) < 4.78 is 5.25. The lowest BCUT2D eigenvalue weighted by molar-refractivity contribution is 0.414. The highest BCUT2D eigenvalue weighted by atomic mass is 16.5. The summed E-state index contributed by atoms with van der Waals surface area (Å²) in [4.78, 5) is 2.42. The predicted molar refractivity (Wildman–Crippen MR) is 60.7 cm³/mol. The van der Waals surface area contributed by atoms with Gasteiger partial charge in [0.2, 0.25) is 0 Å². The first-order valence-electron chi connectivity index (χ1n) is 5.47. The lowest BCUT2D eigenvalue weighted by Gasteiger charge is -2.14. The third-order valence-electron chi connectivity index (χ3n) is 3.38. The van der Waals surface area contributed by atoms with E-state index in [4.69, 9.17) is 4.74 Å². The van der Waals surface area contributed by atoms with Gasteiger partial charge in [-0.2, -0.15) is 0 Å². The molecule has 1 saturated heterocycles. The van der Waals surface area contributed by atoms with Gasteiger partial charge in [-0.05, 0) is 29.7 Å². The summed E-state index contributed by atoms with van der Waals surface area (Å²) >= 11 is 0. The average molecular weight is 201 g/mol. The van der Waals surface area contributed by atoms with Crippen molar-refractivity contribution in [3.63, 3.8) is 0 Å². The Morgan fingerprint density at radius 3 is 3.00 bits per heavy atom. The minimum Gasteiger partial charge on any atom is -0.497 e. The van der Waals surface area contributed by atoms with Gasteiger partial charge in [-0.3, -0.25) is 0 Å². The summed E-state index contributed by atoms with van der Waals surface area (Å²) in [5.41, 5.74) is 2.81. The number of ether oxygens (including phenoxy) is 1. The summed E-state index contributed by atoms with van der Waals surface area (Å²) in [6, 6.07) is 8.37. The van der Waals surface area contributed by atoms with E-state index in [1.165, 1.54) is 30.6 Å². The van der Waals surface area contributed by atoms with Gasteiger partial charge in [-0.25, -0.2) is 0 Å². The van der Waals surface area contributed by atoms with Crippen molar-refractivity contribution in [3.8, 4) is 5.75 Å². The van der Waals surface area contributed by atoms with E-state index in [1.807, 2.05) is 6.07 Å². The monoisotopic (exact) mass is 201 g/mol. The van der Waals surface area contributed by atoms with E-state index >= 15 is 0 Å². The second-order valence-electron chi connectivity index (χ2n) is 4.30. The first-order chi connectivity index (χ1) is 7.36. The summed E-state index contributed by atoms with van der Waals surface area (Å²) in [7, 11) is 1.72. The third kappa shape index (κ3) is 1.41. The molecule has 15 heavy (non-hydrogen) atoms. The molecular formula is C13H15NO. The highest BCUT2D eigenvalue weighted by Gasteiger charge is 2.31. The molecular weight excluding hydrogens is 186 g/mol. The molecule has 1 atom stereocenters. The zero-order valence-electron chi connectivity index (χ0n) is 8.94. The SMILES string of the molecule is COc1cccc(C2=CN3CCC2C3)c1. The molecule has 1 unspecified atom stereocenters. The maximum absolute atomic E-state index is 5.25. The van der Waals surface area contributed by atoms with Crippen molar-refractivity contribution in [2.45, 2.75) is 6.42 Å². The van der Waals surface area contributed by atoms with Gasteiger partial charge in [0.05, 0.1) is 7.11 Å². The molecule has 2 bridgehead atoms. The first kappa shape index (κ1) is 8.84. The summed E-state index contributed by atoms with van der Waals surface area (Å²) in [6.45, 7) is 2.45. The molecule has 0 radical (unpaired) electrons. The number of rotatable bonds is 2. The van der Waals surface area contributed by atoms with E-state index in [0.29, 0.717) is 0 Å². The average Bonchev–Trinajstić information content (AvgIpc) is 2.91. The van der Waals surface area contributed by atoms with Crippen molar-refractivity contribution >= 4 is 5.57 Å². The fourth-order valence-electron chi connectivity index (χ4n) is 2.57. The van der Waals surface area contributed by atoms with Crippen molar-refractivity contribution < 1.29 is 4.74 Å². The van der Waals surface area contributed by atoms with Gasteiger partial charge in [0.1, 0.15) is 5.75 Å². The second-order valence-corrected chi connectivity index (χ2v) is 4.30. The number of methoxy groups -OCH3 is 1. The Balaban J connectivity index is 1.96. The van der Waals surface area contributed by atoms with Crippen molar-refractivity contribution in [3.05, 3.63) is 36.0 Å². The molecule has 3 rings (SSSR count). The fourth-order valence-corrected chi connectivity index (χ4v) is 2.57. The normalized spacial score (nSPS) is 23.1. The maximum Gasteiger partial charge on any atom is 0.119 e.